The van der Waals surface area contributed by atoms with Crippen LogP contribution >= 0.6 is 0 Å². The molecule has 0 heterocycles. The SMILES string of the molecule is C=CC(O)C(O)C1CC1. The van der Waals surface area contributed by atoms with Crippen LogP contribution in [0.15, 0.2) is 12.7 Å². The predicted molar refractivity (Wildman–Crippen MR) is 34.9 cm³/mol. The van der Waals surface area contributed by atoms with Crippen molar-refractivity contribution in [1.29, 1.82) is 0 Å². The molecule has 2 heteroatoms. The summed E-state index contributed by atoms with van der Waals surface area (Å²) in [6, 6.07) is 0. The molecule has 0 spiro atoms. The average Bonchev–Trinajstić information content (AvgIpc) is 2.66. The second-order valence-corrected chi connectivity index (χ2v) is 2.55. The summed E-state index contributed by atoms with van der Waals surface area (Å²) < 4.78 is 0. The molecule has 9 heavy (non-hydrogen) atoms. The first-order chi connectivity index (χ1) is 4.25. The molecule has 0 aliphatic heterocycles. The fourth-order valence-electron chi connectivity index (χ4n) is 0.856. The smallest absolute Gasteiger partial charge is 0.0980 e. The minimum Gasteiger partial charge on any atom is -0.390 e. The van der Waals surface area contributed by atoms with Crippen LogP contribution < -0.4 is 0 Å². The number of hydrogen-bond donors (Lipinski definition) is 2. The molecule has 0 aromatic heterocycles. The van der Waals surface area contributed by atoms with E-state index in [4.69, 9.17) is 10.2 Å². The van der Waals surface area contributed by atoms with Crippen molar-refractivity contribution in [3.63, 3.8) is 0 Å². The normalized spacial score (nSPS) is 25.1. The highest BCUT2D eigenvalue weighted by Gasteiger charge is 2.32. The van der Waals surface area contributed by atoms with E-state index in [1.807, 2.05) is 0 Å². The third-order valence-electron chi connectivity index (χ3n) is 1.70. The molecule has 1 fully saturated rings. The molecule has 2 N–H and O–H groups in total. The topological polar surface area (TPSA) is 40.5 Å². The van der Waals surface area contributed by atoms with Gasteiger partial charge in [0.1, 0.15) is 0 Å². The van der Waals surface area contributed by atoms with Gasteiger partial charge >= 0.3 is 0 Å². The molecule has 0 amide bonds. The van der Waals surface area contributed by atoms with Crippen LogP contribution in [0, 0.1) is 5.92 Å². The minimum absolute atomic E-state index is 0.331. The van der Waals surface area contributed by atoms with Gasteiger partial charge in [0.05, 0.1) is 12.2 Å². The number of rotatable bonds is 3. The van der Waals surface area contributed by atoms with Gasteiger partial charge < -0.3 is 10.2 Å². The van der Waals surface area contributed by atoms with Gasteiger partial charge in [0, 0.05) is 0 Å². The minimum atomic E-state index is -0.725. The molecule has 0 bridgehead atoms. The van der Waals surface area contributed by atoms with Crippen LogP contribution in [0.3, 0.4) is 0 Å². The van der Waals surface area contributed by atoms with E-state index < -0.39 is 12.2 Å². The highest BCUT2D eigenvalue weighted by Crippen LogP contribution is 2.33. The highest BCUT2D eigenvalue weighted by molar-refractivity contribution is 4.92. The lowest BCUT2D eigenvalue weighted by Gasteiger charge is -2.11. The molecule has 1 aliphatic carbocycles. The van der Waals surface area contributed by atoms with Crippen LogP contribution in [0.4, 0.5) is 0 Å². The zero-order chi connectivity index (χ0) is 6.85. The summed E-state index contributed by atoms with van der Waals surface area (Å²) in [5.41, 5.74) is 0. The van der Waals surface area contributed by atoms with Crippen LogP contribution in [0.2, 0.25) is 0 Å². The summed E-state index contributed by atoms with van der Waals surface area (Å²) in [5.74, 6) is 0.331. The van der Waals surface area contributed by atoms with E-state index in [1.165, 1.54) is 6.08 Å². The number of hydrogen-bond acceptors (Lipinski definition) is 2. The van der Waals surface area contributed by atoms with Crippen molar-refractivity contribution >= 4 is 0 Å². The van der Waals surface area contributed by atoms with E-state index in [0.717, 1.165) is 12.8 Å². The van der Waals surface area contributed by atoms with Gasteiger partial charge in [-0.05, 0) is 18.8 Å². The Hall–Kier alpha value is -0.340. The second-order valence-electron chi connectivity index (χ2n) is 2.55. The summed E-state index contributed by atoms with van der Waals surface area (Å²) in [4.78, 5) is 0. The van der Waals surface area contributed by atoms with Gasteiger partial charge in [0.15, 0.2) is 0 Å². The Morgan fingerprint density at radius 3 is 2.33 bits per heavy atom. The summed E-state index contributed by atoms with van der Waals surface area (Å²) in [7, 11) is 0. The van der Waals surface area contributed by atoms with E-state index in [1.54, 1.807) is 0 Å². The maximum atomic E-state index is 9.14. The highest BCUT2D eigenvalue weighted by atomic mass is 16.3. The monoisotopic (exact) mass is 128 g/mol. The molecule has 1 saturated carbocycles. The average molecular weight is 128 g/mol. The first-order valence-electron chi connectivity index (χ1n) is 3.24. The van der Waals surface area contributed by atoms with Crippen LogP contribution in [0.5, 0.6) is 0 Å². The van der Waals surface area contributed by atoms with Crippen LogP contribution in [-0.4, -0.2) is 22.4 Å². The van der Waals surface area contributed by atoms with Gasteiger partial charge in [-0.25, -0.2) is 0 Å². The zero-order valence-corrected chi connectivity index (χ0v) is 5.33. The Kier molecular flexibility index (Phi) is 1.88. The van der Waals surface area contributed by atoms with Crippen LogP contribution in [-0.2, 0) is 0 Å². The second kappa shape index (κ2) is 2.50. The van der Waals surface area contributed by atoms with Crippen LogP contribution in [0.25, 0.3) is 0 Å². The van der Waals surface area contributed by atoms with Crippen LogP contribution in [0.1, 0.15) is 12.8 Å². The molecule has 52 valence electrons. The van der Waals surface area contributed by atoms with Gasteiger partial charge in [-0.1, -0.05) is 6.08 Å². The van der Waals surface area contributed by atoms with E-state index in [2.05, 4.69) is 6.58 Å². The van der Waals surface area contributed by atoms with Crippen molar-refractivity contribution in [1.82, 2.24) is 0 Å². The van der Waals surface area contributed by atoms with Gasteiger partial charge in [0.2, 0.25) is 0 Å². The van der Waals surface area contributed by atoms with Crippen molar-refractivity contribution in [3.8, 4) is 0 Å². The van der Waals surface area contributed by atoms with Crippen molar-refractivity contribution in [2.45, 2.75) is 25.0 Å². The first kappa shape index (κ1) is 6.78. The summed E-state index contributed by atoms with van der Waals surface area (Å²) in [6.07, 6.45) is 2.18. The largest absolute Gasteiger partial charge is 0.390 e. The predicted octanol–water partition coefficient (Wildman–Crippen LogP) is 0.304. The Bertz CT molecular complexity index is 107. The summed E-state index contributed by atoms with van der Waals surface area (Å²) in [5, 5.41) is 18.1. The molecule has 2 unspecified atom stereocenters. The first-order valence-corrected chi connectivity index (χ1v) is 3.24. The summed E-state index contributed by atoms with van der Waals surface area (Å²) in [6.45, 7) is 3.38. The van der Waals surface area contributed by atoms with E-state index in [9.17, 15) is 0 Å². The van der Waals surface area contributed by atoms with E-state index in [-0.39, 0.29) is 0 Å². The molecule has 0 aromatic rings. The fourth-order valence-corrected chi connectivity index (χ4v) is 0.856. The number of aliphatic hydroxyl groups is 2. The summed E-state index contributed by atoms with van der Waals surface area (Å²) >= 11 is 0. The van der Waals surface area contributed by atoms with E-state index in [0.29, 0.717) is 5.92 Å². The standard InChI is InChI=1S/C7H12O2/c1-2-6(8)7(9)5-3-4-5/h2,5-9H,1,3-4H2. The lowest BCUT2D eigenvalue weighted by molar-refractivity contribution is 0.0342. The third-order valence-corrected chi connectivity index (χ3v) is 1.70. The third kappa shape index (κ3) is 1.53. The van der Waals surface area contributed by atoms with Crippen molar-refractivity contribution < 1.29 is 10.2 Å². The Labute approximate surface area is 54.8 Å². The molecule has 2 atom stereocenters. The maximum absolute atomic E-state index is 9.14. The van der Waals surface area contributed by atoms with Gasteiger partial charge in [-0.15, -0.1) is 6.58 Å². The molecule has 1 aliphatic rings. The molecule has 0 radical (unpaired) electrons. The van der Waals surface area contributed by atoms with E-state index >= 15 is 0 Å². The van der Waals surface area contributed by atoms with Crippen molar-refractivity contribution in [3.05, 3.63) is 12.7 Å². The quantitative estimate of drug-likeness (QED) is 0.537. The lowest BCUT2D eigenvalue weighted by Crippen LogP contribution is -2.25. The number of aliphatic hydroxyl groups excluding tert-OH is 2. The Morgan fingerprint density at radius 1 is 1.44 bits per heavy atom. The molecular weight excluding hydrogens is 116 g/mol. The van der Waals surface area contributed by atoms with Gasteiger partial charge in [-0.3, -0.25) is 0 Å². The molecular formula is C7H12O2. The molecule has 0 saturated heterocycles. The molecule has 2 nitrogen and oxygen atoms in total. The molecule has 0 aromatic carbocycles. The molecule has 1 rings (SSSR count). The van der Waals surface area contributed by atoms with Gasteiger partial charge in [-0.2, -0.15) is 0 Å². The maximum Gasteiger partial charge on any atom is 0.0980 e. The Balaban J connectivity index is 2.30. The fraction of sp³-hybridized carbons (Fsp3) is 0.714. The van der Waals surface area contributed by atoms with Crippen molar-refractivity contribution in [2.75, 3.05) is 0 Å². The van der Waals surface area contributed by atoms with Gasteiger partial charge in [0.25, 0.3) is 0 Å². The lowest BCUT2D eigenvalue weighted by atomic mass is 10.1. The Morgan fingerprint density at radius 2 is 2.00 bits per heavy atom. The zero-order valence-electron chi connectivity index (χ0n) is 5.33. The van der Waals surface area contributed by atoms with Crippen molar-refractivity contribution in [2.24, 2.45) is 5.92 Å².